The number of amides is 2. The molecule has 0 radical (unpaired) electrons. The molecule has 2 atom stereocenters. The maximum absolute atomic E-state index is 12.9. The van der Waals surface area contributed by atoms with Gasteiger partial charge < -0.3 is 39.9 Å². The number of hydrogen-bond acceptors (Lipinski definition) is 14. The molecule has 4 N–H and O–H groups in total. The Morgan fingerprint density at radius 3 is 1.50 bits per heavy atom. The summed E-state index contributed by atoms with van der Waals surface area (Å²) in [6.07, 6.45) is 3.50. The Morgan fingerprint density at radius 1 is 0.571 bits per heavy atom. The Hall–Kier alpha value is -7.41. The minimum Gasteiger partial charge on any atom is -0.423 e. The minimum atomic E-state index is -1.43. The van der Waals surface area contributed by atoms with Gasteiger partial charge in [0.1, 0.15) is 16.7 Å². The summed E-state index contributed by atoms with van der Waals surface area (Å²) in [7, 11) is -1.43. The van der Waals surface area contributed by atoms with E-state index in [0.29, 0.717) is 66.8 Å². The summed E-state index contributed by atoms with van der Waals surface area (Å²) in [6, 6.07) is 40.7. The van der Waals surface area contributed by atoms with E-state index in [0.717, 1.165) is 50.0 Å². The summed E-state index contributed by atoms with van der Waals surface area (Å²) in [5.41, 5.74) is 6.69. The fourth-order valence-electron chi connectivity index (χ4n) is 8.52. The van der Waals surface area contributed by atoms with E-state index in [-0.39, 0.29) is 37.1 Å². The van der Waals surface area contributed by atoms with Crippen LogP contribution in [0.4, 0.5) is 11.6 Å². The fourth-order valence-corrected chi connectivity index (χ4v) is 8.71. The van der Waals surface area contributed by atoms with E-state index in [1.807, 2.05) is 119 Å². The number of rotatable bonds is 8. The summed E-state index contributed by atoms with van der Waals surface area (Å²) in [6.45, 7) is 7.94. The number of nitrogens with zero attached hydrogens (tertiary/aromatic N) is 10. The fraction of sp³-hybridized carbons (Fsp3) is 0.231. The lowest BCUT2D eigenvalue weighted by atomic mass is 9.80. The van der Waals surface area contributed by atoms with Gasteiger partial charge in [-0.15, -0.1) is 20.4 Å². The number of carbonyl (C=O) groups is 2. The van der Waals surface area contributed by atoms with Crippen LogP contribution in [0.15, 0.2) is 146 Å². The van der Waals surface area contributed by atoms with Crippen molar-refractivity contribution in [1.29, 1.82) is 0 Å². The average Bonchev–Trinajstić information content (AvgIpc) is 3.41. The van der Waals surface area contributed by atoms with Gasteiger partial charge in [0.05, 0.1) is 13.2 Å². The van der Waals surface area contributed by atoms with Gasteiger partial charge in [0.2, 0.25) is 0 Å². The number of hydrogen-bond donors (Lipinski definition) is 4. The van der Waals surface area contributed by atoms with Crippen LogP contribution in [0.1, 0.15) is 45.7 Å². The predicted molar refractivity (Wildman–Crippen MR) is 272 cm³/mol. The highest BCUT2D eigenvalue weighted by atomic mass is 35.5. The maximum Gasteiger partial charge on any atom is 0.488 e. The number of aliphatic hydroxyl groups is 2. The molecule has 0 aliphatic carbocycles. The zero-order valence-electron chi connectivity index (χ0n) is 38.7. The molecule has 356 valence electrons. The zero-order valence-corrected chi connectivity index (χ0v) is 39.5. The van der Waals surface area contributed by atoms with Gasteiger partial charge in [0.15, 0.2) is 16.8 Å². The lowest BCUT2D eigenvalue weighted by molar-refractivity contribution is 0.0719. The van der Waals surface area contributed by atoms with E-state index >= 15 is 0 Å². The van der Waals surface area contributed by atoms with Crippen molar-refractivity contribution in [3.63, 3.8) is 0 Å². The summed E-state index contributed by atoms with van der Waals surface area (Å²) >= 11 is 6.15. The van der Waals surface area contributed by atoms with Gasteiger partial charge in [-0.3, -0.25) is 19.6 Å². The van der Waals surface area contributed by atoms with E-state index in [4.69, 9.17) is 26.8 Å². The van der Waals surface area contributed by atoms with Crippen LogP contribution in [-0.2, 0) is 13.2 Å². The molecular formula is C52H52BClN10O6. The molecule has 70 heavy (non-hydrogen) atoms. The first kappa shape index (κ1) is 49.0. The van der Waals surface area contributed by atoms with Crippen LogP contribution in [0, 0.1) is 0 Å². The third kappa shape index (κ3) is 11.2. The number of piperazine rings is 2. The van der Waals surface area contributed by atoms with Crippen molar-refractivity contribution in [1.82, 2.24) is 40.2 Å². The van der Waals surface area contributed by atoms with Crippen molar-refractivity contribution >= 4 is 69.4 Å². The number of aromatic nitrogens is 6. The summed E-state index contributed by atoms with van der Waals surface area (Å²) in [4.78, 5) is 42.8. The number of pyridine rings is 2. The maximum atomic E-state index is 12.9. The van der Waals surface area contributed by atoms with Crippen molar-refractivity contribution in [2.45, 2.75) is 39.1 Å². The molecule has 8 aromatic rings. The molecule has 2 saturated heterocycles. The molecule has 0 bridgehead atoms. The van der Waals surface area contributed by atoms with E-state index in [1.54, 1.807) is 36.7 Å². The van der Waals surface area contributed by atoms with Gasteiger partial charge >= 0.3 is 7.12 Å². The molecule has 4 aromatic carbocycles. The Bertz CT molecular complexity index is 3030. The van der Waals surface area contributed by atoms with Crippen LogP contribution in [0.2, 0.25) is 5.15 Å². The monoisotopic (exact) mass is 958 g/mol. The largest absolute Gasteiger partial charge is 0.488 e. The van der Waals surface area contributed by atoms with Gasteiger partial charge in [-0.05, 0) is 79.0 Å². The van der Waals surface area contributed by atoms with Crippen LogP contribution in [0.3, 0.4) is 0 Å². The smallest absolute Gasteiger partial charge is 0.423 e. The number of benzene rings is 4. The first-order chi connectivity index (χ1) is 34.0. The highest BCUT2D eigenvalue weighted by molar-refractivity contribution is 6.58. The van der Waals surface area contributed by atoms with Gasteiger partial charge in [-0.2, -0.15) is 0 Å². The molecule has 0 saturated carbocycles. The second kappa shape index (κ2) is 22.8. The second-order valence-corrected chi connectivity index (χ2v) is 17.3. The quantitative estimate of drug-likeness (QED) is 0.141. The lowest BCUT2D eigenvalue weighted by Crippen LogP contribution is -2.54. The van der Waals surface area contributed by atoms with Crippen LogP contribution >= 0.6 is 11.6 Å². The molecule has 2 aliphatic heterocycles. The summed E-state index contributed by atoms with van der Waals surface area (Å²) in [5, 5.41) is 54.9. The molecule has 4 aromatic heterocycles. The van der Waals surface area contributed by atoms with Crippen molar-refractivity contribution in [3.8, 4) is 11.3 Å². The highest BCUT2D eigenvalue weighted by Gasteiger charge is 2.32. The molecule has 0 unspecified atom stereocenters. The Balaban J connectivity index is 0.000000158. The van der Waals surface area contributed by atoms with Gasteiger partial charge in [-0.1, -0.05) is 96.5 Å². The molecule has 18 heteroatoms. The molecular weight excluding hydrogens is 907 g/mol. The third-order valence-corrected chi connectivity index (χ3v) is 12.6. The van der Waals surface area contributed by atoms with Crippen molar-refractivity contribution < 1.29 is 29.9 Å². The summed E-state index contributed by atoms with van der Waals surface area (Å²) < 4.78 is 0. The Morgan fingerprint density at radius 2 is 1.03 bits per heavy atom. The number of anilines is 2. The van der Waals surface area contributed by atoms with Crippen LogP contribution < -0.4 is 15.3 Å². The van der Waals surface area contributed by atoms with Crippen LogP contribution in [-0.4, -0.2) is 131 Å². The molecule has 2 amide bonds. The Labute approximate surface area is 410 Å². The van der Waals surface area contributed by atoms with Gasteiger partial charge in [0, 0.05) is 91.2 Å². The minimum absolute atomic E-state index is 0.00381. The van der Waals surface area contributed by atoms with E-state index < -0.39 is 7.12 Å². The van der Waals surface area contributed by atoms with Crippen molar-refractivity contribution in [2.75, 3.05) is 49.1 Å². The zero-order chi connectivity index (χ0) is 49.1. The van der Waals surface area contributed by atoms with Crippen LogP contribution in [0.5, 0.6) is 0 Å². The van der Waals surface area contributed by atoms with E-state index in [9.17, 15) is 14.7 Å². The first-order valence-corrected chi connectivity index (χ1v) is 23.3. The number of halogens is 1. The molecule has 2 aliphatic rings. The van der Waals surface area contributed by atoms with Gasteiger partial charge in [-0.25, -0.2) is 0 Å². The van der Waals surface area contributed by atoms with Crippen LogP contribution in [0.25, 0.3) is 33.1 Å². The molecule has 2 fully saturated rings. The first-order valence-electron chi connectivity index (χ1n) is 22.9. The Kier molecular flexibility index (Phi) is 16.0. The number of fused-ring (bicyclic) bond motifs is 2. The van der Waals surface area contributed by atoms with Gasteiger partial charge in [0.25, 0.3) is 11.8 Å². The van der Waals surface area contributed by atoms with Crippen molar-refractivity contribution in [3.05, 3.63) is 173 Å². The molecule has 10 rings (SSSR count). The highest BCUT2D eigenvalue weighted by Crippen LogP contribution is 2.33. The number of carbonyl (C=O) groups excluding carboxylic acids is 2. The third-order valence-electron chi connectivity index (χ3n) is 12.3. The molecule has 0 spiro atoms. The van der Waals surface area contributed by atoms with E-state index in [1.165, 1.54) is 0 Å². The lowest BCUT2D eigenvalue weighted by Gasteiger charge is -2.40. The summed E-state index contributed by atoms with van der Waals surface area (Å²) in [5.74, 6) is 1.56. The molecule has 6 heterocycles. The normalized spacial score (nSPS) is 15.7. The predicted octanol–water partition coefficient (Wildman–Crippen LogP) is 5.42. The SMILES string of the molecule is C[C@@H]1CN(C(=O)c2ccccc2)CCN1c1nnc(-c2ccc(CO)cc2)c2cccnc12.C[C@@H]1CN(C(=O)c2ccccc2)CCN1c1nnc(Cl)c2cccnc12.OCc1ccc(B(O)O)cc1. The topological polar surface area (TPSA) is 205 Å². The van der Waals surface area contributed by atoms with E-state index in [2.05, 4.69) is 54.0 Å². The molecule has 16 nitrogen and oxygen atoms in total. The van der Waals surface area contributed by atoms with Crippen molar-refractivity contribution in [2.24, 2.45) is 0 Å². The standard InChI is InChI=1S/C26H25N5O2.C19H18ClN5O.C7H9BO3/c1-18-16-30(26(33)21-6-3-2-4-7-21)14-15-31(18)25-24-22(8-5-13-27-24)23(28-29-25)20-11-9-19(17-32)10-12-20;1-13-12-24(19(26)14-6-3-2-4-7-14)10-11-25(13)18-16-15(8-5-9-21-16)17(20)22-23-18;9-5-6-1-3-7(4-2-6)8(10)11/h2-13,18,32H,14-17H2,1H3;2-9,13H,10-12H2,1H3;1-4,9-11H,5H2/t18-;13-;/m11./s1. The average molecular weight is 959 g/mol. The second-order valence-electron chi connectivity index (χ2n) is 16.9. The number of aliphatic hydroxyl groups excluding tert-OH is 2.